The summed E-state index contributed by atoms with van der Waals surface area (Å²) in [6, 6.07) is 1.32. The lowest BCUT2D eigenvalue weighted by atomic mass is 9.79. The highest BCUT2D eigenvalue weighted by molar-refractivity contribution is 5.77. The molecule has 0 radical (unpaired) electrons. The van der Waals surface area contributed by atoms with Crippen LogP contribution in [0.3, 0.4) is 0 Å². The lowest BCUT2D eigenvalue weighted by Gasteiger charge is -2.36. The van der Waals surface area contributed by atoms with E-state index in [9.17, 15) is 42.6 Å². The van der Waals surface area contributed by atoms with E-state index in [1.807, 2.05) is 0 Å². The smallest absolute Gasteiger partial charge is 0.437 e. The number of amides is 2. The maximum atomic E-state index is 15.0. The molecule has 0 spiro atoms. The van der Waals surface area contributed by atoms with Gasteiger partial charge in [0.25, 0.3) is 0 Å². The minimum atomic E-state index is -5.04. The van der Waals surface area contributed by atoms with Crippen molar-refractivity contribution in [2.75, 3.05) is 14.1 Å². The van der Waals surface area contributed by atoms with Crippen molar-refractivity contribution < 1.29 is 69.9 Å². The number of aliphatic carboxylic acids is 2. The average Bonchev–Trinajstić information content (AvgIpc) is 4.19. The number of hydrogen-bond donors (Lipinski definition) is 3. The minimum absolute atomic E-state index is 0.00323. The molecule has 3 aromatic heterocycles. The Morgan fingerprint density at radius 1 is 0.797 bits per heavy atom. The van der Waals surface area contributed by atoms with Crippen LogP contribution in [0.2, 0.25) is 0 Å². The first-order chi connectivity index (χ1) is 35.1. The normalized spacial score (nSPS) is 24.0. The van der Waals surface area contributed by atoms with Crippen LogP contribution in [-0.4, -0.2) is 124 Å². The zero-order chi connectivity index (χ0) is 53.1. The van der Waals surface area contributed by atoms with Gasteiger partial charge >= 0.3 is 30.4 Å². The van der Waals surface area contributed by atoms with E-state index in [0.717, 1.165) is 55.6 Å². The summed E-state index contributed by atoms with van der Waals surface area (Å²) < 4.78 is 110. The molecule has 74 heavy (non-hydrogen) atoms. The highest BCUT2D eigenvalue weighted by atomic mass is 19.4. The van der Waals surface area contributed by atoms with Crippen molar-refractivity contribution in [2.45, 2.75) is 165 Å². The number of carboxylic acid groups (broad SMARTS) is 2. The fourth-order valence-corrected chi connectivity index (χ4v) is 11.2. The molecule has 1 aliphatic heterocycles. The van der Waals surface area contributed by atoms with Gasteiger partial charge in [-0.25, -0.2) is 19.1 Å². The Morgan fingerprint density at radius 3 is 2.18 bits per heavy atom. The SMILES string of the molecule is CN(C(=O)CCc1nnn(C)c1-c1ccc(O[C@H]2CC(Cn3nnc(C4C=CC(O[C@H]5CCC[C@H](C(=O)O)C5)=C(C(F)(F)F)N4C)c3CNC(=O)OC3CCCC3)C[C@H](C(=O)O)C2)c(C(F)(F)F)n1)C1CCCC1. The summed E-state index contributed by atoms with van der Waals surface area (Å²) in [4.78, 5) is 57.1. The van der Waals surface area contributed by atoms with E-state index >= 15 is 13.2 Å². The fraction of sp³-hybridized carbons (Fsp3) is 0.653. The first-order valence-corrected chi connectivity index (χ1v) is 25.3. The highest BCUT2D eigenvalue weighted by Crippen LogP contribution is 2.43. The van der Waals surface area contributed by atoms with E-state index < -0.39 is 89.3 Å². The first kappa shape index (κ1) is 53.8. The van der Waals surface area contributed by atoms with Crippen molar-refractivity contribution in [1.29, 1.82) is 0 Å². The topological polar surface area (TPSA) is 229 Å². The van der Waals surface area contributed by atoms with Crippen LogP contribution in [0.25, 0.3) is 11.4 Å². The summed E-state index contributed by atoms with van der Waals surface area (Å²) in [5, 5.41) is 39.3. The number of carbonyl (C=O) groups is 4. The quantitative estimate of drug-likeness (QED) is 0.109. The molecule has 5 aliphatic rings. The Labute approximate surface area is 422 Å². The van der Waals surface area contributed by atoms with Crippen molar-refractivity contribution in [2.24, 2.45) is 24.8 Å². The first-order valence-electron chi connectivity index (χ1n) is 25.3. The number of alkyl carbamates (subject to hydrolysis) is 1. The molecule has 0 aromatic carbocycles. The number of hydrogen-bond acceptors (Lipinski definition) is 13. The molecule has 4 aliphatic carbocycles. The zero-order valence-corrected chi connectivity index (χ0v) is 41.4. The molecular weight excluding hydrogens is 987 g/mol. The molecule has 25 heteroatoms. The van der Waals surface area contributed by atoms with E-state index in [4.69, 9.17) is 14.2 Å². The number of nitrogens with one attached hydrogen (secondary N) is 1. The Kier molecular flexibility index (Phi) is 16.4. The predicted molar refractivity (Wildman–Crippen MR) is 248 cm³/mol. The molecular formula is C49H62F6N10O9. The second kappa shape index (κ2) is 22.6. The summed E-state index contributed by atoms with van der Waals surface area (Å²) in [6.45, 7) is -0.449. The minimum Gasteiger partial charge on any atom is -0.488 e. The van der Waals surface area contributed by atoms with Gasteiger partial charge in [-0.2, -0.15) is 26.3 Å². The third-order valence-electron chi connectivity index (χ3n) is 15.0. The average molecular weight is 1050 g/mol. The van der Waals surface area contributed by atoms with Crippen LogP contribution in [0.4, 0.5) is 31.1 Å². The van der Waals surface area contributed by atoms with Gasteiger partial charge < -0.3 is 39.5 Å². The van der Waals surface area contributed by atoms with Gasteiger partial charge in [0.15, 0.2) is 17.1 Å². The molecule has 4 fully saturated rings. The monoisotopic (exact) mass is 1050 g/mol. The lowest BCUT2D eigenvalue weighted by Crippen LogP contribution is -2.38. The third-order valence-corrected chi connectivity index (χ3v) is 15.0. The van der Waals surface area contributed by atoms with E-state index in [2.05, 4.69) is 30.9 Å². The number of carboxylic acids is 2. The van der Waals surface area contributed by atoms with Crippen molar-refractivity contribution in [3.05, 3.63) is 58.5 Å². The number of carbonyl (C=O) groups excluding carboxylic acids is 2. The maximum Gasteiger partial charge on any atom is 0.437 e. The van der Waals surface area contributed by atoms with Crippen LogP contribution in [-0.2, 0) is 56.6 Å². The van der Waals surface area contributed by atoms with Crippen molar-refractivity contribution in [1.82, 2.24) is 50.1 Å². The molecule has 8 rings (SSSR count). The predicted octanol–water partition coefficient (Wildman–Crippen LogP) is 7.91. The number of likely N-dealkylation sites (N-methyl/N-ethyl adjacent to an activating group) is 1. The molecule has 2 unspecified atom stereocenters. The van der Waals surface area contributed by atoms with E-state index in [1.54, 1.807) is 11.9 Å². The van der Waals surface area contributed by atoms with Crippen LogP contribution in [0.5, 0.6) is 5.75 Å². The molecule has 0 saturated heterocycles. The molecule has 404 valence electrons. The second-order valence-corrected chi connectivity index (χ2v) is 20.2. The summed E-state index contributed by atoms with van der Waals surface area (Å²) in [5.41, 5.74) is -2.04. The molecule has 0 bridgehead atoms. The fourth-order valence-electron chi connectivity index (χ4n) is 11.2. The summed E-state index contributed by atoms with van der Waals surface area (Å²) >= 11 is 0. The summed E-state index contributed by atoms with van der Waals surface area (Å²) in [5.74, 6) is -6.06. The highest BCUT2D eigenvalue weighted by Gasteiger charge is 2.46. The molecule has 4 heterocycles. The van der Waals surface area contributed by atoms with Gasteiger partial charge in [0.05, 0.1) is 53.7 Å². The number of halogens is 6. The molecule has 3 aromatic rings. The van der Waals surface area contributed by atoms with Crippen molar-refractivity contribution in [3.63, 3.8) is 0 Å². The number of aromatic nitrogens is 7. The Balaban J connectivity index is 1.03. The maximum absolute atomic E-state index is 15.0. The number of aryl methyl sites for hydroxylation is 2. The van der Waals surface area contributed by atoms with E-state index in [1.165, 1.54) is 35.6 Å². The van der Waals surface area contributed by atoms with Crippen LogP contribution in [0.15, 0.2) is 35.7 Å². The molecule has 19 nitrogen and oxygen atoms in total. The van der Waals surface area contributed by atoms with Gasteiger partial charge in [-0.15, -0.1) is 10.2 Å². The van der Waals surface area contributed by atoms with Gasteiger partial charge in [0.2, 0.25) is 5.91 Å². The number of rotatable bonds is 17. The number of nitrogens with zero attached hydrogens (tertiary/aromatic N) is 9. The summed E-state index contributed by atoms with van der Waals surface area (Å²) in [6.07, 6.45) is -2.20. The van der Waals surface area contributed by atoms with Gasteiger partial charge in [0, 0.05) is 46.6 Å². The van der Waals surface area contributed by atoms with Crippen molar-refractivity contribution in [3.8, 4) is 17.1 Å². The molecule has 2 amide bonds. The van der Waals surface area contributed by atoms with Gasteiger partial charge in [-0.3, -0.25) is 14.4 Å². The summed E-state index contributed by atoms with van der Waals surface area (Å²) in [7, 11) is 4.43. The van der Waals surface area contributed by atoms with E-state index in [0.29, 0.717) is 32.1 Å². The lowest BCUT2D eigenvalue weighted by molar-refractivity contribution is -0.147. The third kappa shape index (κ3) is 12.6. The van der Waals surface area contributed by atoms with Gasteiger partial charge in [-0.05, 0) is 108 Å². The van der Waals surface area contributed by atoms with Crippen LogP contribution in [0.1, 0.15) is 132 Å². The standard InChI is InChI=1S/C49H62F6N10O9/c1-62(30-10-4-5-11-30)40(66)20-16-35-42(64(3)60-58-35)34-15-18-38(43(57-34)48(50,51)52)73-33-22-27(21-29(24-33)46(69)70)26-65-37(25-56-47(71)74-31-12-6-7-13-31)41(59-61-65)36-17-19-39(44(63(36)2)49(53,54)55)72-32-14-8-9-28(23-32)45(67)68/h15,17-19,27-33,36H,4-14,16,20-26H2,1-3H3,(H,56,71)(H,67,68)(H,69,70)/t27?,28-,29-,32-,33-,36?/m0/s1. The van der Waals surface area contributed by atoms with Crippen LogP contribution >= 0.6 is 0 Å². The zero-order valence-electron chi connectivity index (χ0n) is 41.4. The largest absolute Gasteiger partial charge is 0.488 e. The molecule has 4 saturated carbocycles. The van der Waals surface area contributed by atoms with E-state index in [-0.39, 0.29) is 98.1 Å². The number of ether oxygens (including phenoxy) is 3. The molecule has 3 N–H and O–H groups in total. The van der Waals surface area contributed by atoms with Crippen molar-refractivity contribution >= 4 is 23.9 Å². The Bertz CT molecular complexity index is 2590. The number of allylic oxidation sites excluding steroid dienone is 2. The molecule has 6 atom stereocenters. The van der Waals surface area contributed by atoms with Gasteiger partial charge in [-0.1, -0.05) is 29.3 Å². The van der Waals surface area contributed by atoms with Crippen LogP contribution < -0.4 is 10.1 Å². The second-order valence-electron chi connectivity index (χ2n) is 20.2. The van der Waals surface area contributed by atoms with Gasteiger partial charge in [0.1, 0.15) is 23.3 Å². The number of pyridine rings is 1. The Hall–Kier alpha value is -6.43. The number of alkyl halides is 6. The Morgan fingerprint density at radius 2 is 1.49 bits per heavy atom. The van der Waals surface area contributed by atoms with Crippen LogP contribution in [0, 0.1) is 17.8 Å².